The van der Waals surface area contributed by atoms with Crippen molar-refractivity contribution in [2.24, 2.45) is 0 Å². The number of hydrogen-bond acceptors (Lipinski definition) is 2. The molecule has 150 valence electrons. The molecule has 4 nitrogen and oxygen atoms in total. The van der Waals surface area contributed by atoms with Gasteiger partial charge in [0.25, 0.3) is 0 Å². The third kappa shape index (κ3) is 5.49. The van der Waals surface area contributed by atoms with Gasteiger partial charge >= 0.3 is 0 Å². The minimum Gasteiger partial charge on any atom is -0.355 e. The Labute approximate surface area is 176 Å². The van der Waals surface area contributed by atoms with E-state index < -0.39 is 6.04 Å². The van der Waals surface area contributed by atoms with Crippen LogP contribution < -0.4 is 5.32 Å². The molecule has 0 aliphatic heterocycles. The van der Waals surface area contributed by atoms with Crippen LogP contribution in [-0.4, -0.2) is 29.3 Å². The zero-order chi connectivity index (χ0) is 20.8. The highest BCUT2D eigenvalue weighted by Gasteiger charge is 2.27. The zero-order valence-corrected chi connectivity index (χ0v) is 18.2. The fourth-order valence-corrected chi connectivity index (χ4v) is 3.53. The molecule has 0 bridgehead atoms. The first kappa shape index (κ1) is 22.3. The summed E-state index contributed by atoms with van der Waals surface area (Å²) in [6, 6.07) is 10.6. The van der Waals surface area contributed by atoms with Crippen molar-refractivity contribution in [1.82, 2.24) is 10.2 Å². The molecule has 0 spiro atoms. The number of likely N-dealkylation sites (N-methyl/N-ethyl adjacent to an activating group) is 1. The molecule has 2 aromatic carbocycles. The Balaban J connectivity index is 2.35. The largest absolute Gasteiger partial charge is 0.355 e. The molecule has 2 amide bonds. The molecule has 0 saturated carbocycles. The lowest BCUT2D eigenvalue weighted by atomic mass is 10.0. The Morgan fingerprint density at radius 2 is 1.75 bits per heavy atom. The summed E-state index contributed by atoms with van der Waals surface area (Å²) in [7, 11) is 0. The van der Waals surface area contributed by atoms with Crippen LogP contribution in [0.25, 0.3) is 0 Å². The molecule has 28 heavy (non-hydrogen) atoms. The summed E-state index contributed by atoms with van der Waals surface area (Å²) in [5, 5.41) is 3.73. The van der Waals surface area contributed by atoms with Gasteiger partial charge in [0.05, 0.1) is 6.42 Å². The summed E-state index contributed by atoms with van der Waals surface area (Å²) >= 11 is 12.6. The number of carbonyl (C=O) groups excluding carboxylic acids is 2. The Morgan fingerprint density at radius 3 is 2.36 bits per heavy atom. The van der Waals surface area contributed by atoms with E-state index in [1.165, 1.54) is 0 Å². The molecule has 2 aromatic rings. The predicted molar refractivity (Wildman–Crippen MR) is 115 cm³/mol. The van der Waals surface area contributed by atoms with Crippen molar-refractivity contribution in [3.05, 3.63) is 68.7 Å². The first-order valence-corrected chi connectivity index (χ1v) is 10.1. The van der Waals surface area contributed by atoms with Gasteiger partial charge in [0.1, 0.15) is 6.04 Å². The summed E-state index contributed by atoms with van der Waals surface area (Å²) in [4.78, 5) is 27.2. The Kier molecular flexibility index (Phi) is 7.90. The maximum Gasteiger partial charge on any atom is 0.242 e. The third-order valence-corrected chi connectivity index (χ3v) is 5.46. The van der Waals surface area contributed by atoms with Gasteiger partial charge in [0.15, 0.2) is 0 Å². The van der Waals surface area contributed by atoms with E-state index in [0.717, 1.165) is 16.7 Å². The lowest BCUT2D eigenvalue weighted by Crippen LogP contribution is -2.48. The monoisotopic (exact) mass is 420 g/mol. The summed E-state index contributed by atoms with van der Waals surface area (Å²) in [5.74, 6) is -0.358. The van der Waals surface area contributed by atoms with E-state index in [-0.39, 0.29) is 24.8 Å². The number of halogens is 2. The highest BCUT2D eigenvalue weighted by atomic mass is 35.5. The van der Waals surface area contributed by atoms with Gasteiger partial charge in [-0.05, 0) is 51.0 Å². The van der Waals surface area contributed by atoms with Gasteiger partial charge < -0.3 is 10.2 Å². The van der Waals surface area contributed by atoms with Crippen molar-refractivity contribution in [1.29, 1.82) is 0 Å². The van der Waals surface area contributed by atoms with Gasteiger partial charge in [0.2, 0.25) is 11.8 Å². The maximum absolute atomic E-state index is 13.2. The van der Waals surface area contributed by atoms with Crippen LogP contribution in [-0.2, 0) is 22.6 Å². The van der Waals surface area contributed by atoms with E-state index >= 15 is 0 Å². The molecule has 0 saturated heterocycles. The van der Waals surface area contributed by atoms with E-state index in [0.29, 0.717) is 22.2 Å². The highest BCUT2D eigenvalue weighted by Crippen LogP contribution is 2.27. The second-order valence-corrected chi connectivity index (χ2v) is 7.71. The van der Waals surface area contributed by atoms with E-state index in [1.807, 2.05) is 39.0 Å². The van der Waals surface area contributed by atoms with E-state index in [4.69, 9.17) is 23.2 Å². The van der Waals surface area contributed by atoms with E-state index in [9.17, 15) is 9.59 Å². The topological polar surface area (TPSA) is 49.4 Å². The molecule has 1 atom stereocenters. The summed E-state index contributed by atoms with van der Waals surface area (Å²) in [5.41, 5.74) is 3.71. The van der Waals surface area contributed by atoms with Gasteiger partial charge in [-0.25, -0.2) is 0 Å². The van der Waals surface area contributed by atoms with Crippen molar-refractivity contribution in [2.45, 2.75) is 46.7 Å². The average Bonchev–Trinajstić information content (AvgIpc) is 2.64. The molecule has 0 radical (unpaired) electrons. The third-order valence-electron chi connectivity index (χ3n) is 4.75. The van der Waals surface area contributed by atoms with Crippen LogP contribution in [0.2, 0.25) is 10.0 Å². The van der Waals surface area contributed by atoms with Crippen molar-refractivity contribution in [3.63, 3.8) is 0 Å². The number of nitrogens with zero attached hydrogens (tertiary/aromatic N) is 1. The molecule has 0 unspecified atom stereocenters. The standard InChI is InChI=1S/C22H26Cl2N2O2/c1-5-25-22(28)16(4)26(13-18-19(23)7-6-8-20(18)24)21(27)12-17-11-14(2)9-10-15(17)3/h6-11,16H,5,12-13H2,1-4H3,(H,25,28)/t16-/m0/s1. The van der Waals surface area contributed by atoms with Crippen LogP contribution in [0.4, 0.5) is 0 Å². The number of rotatable bonds is 7. The zero-order valence-electron chi connectivity index (χ0n) is 16.7. The Morgan fingerprint density at radius 1 is 1.11 bits per heavy atom. The van der Waals surface area contributed by atoms with Crippen molar-refractivity contribution in [3.8, 4) is 0 Å². The molecule has 0 aliphatic rings. The van der Waals surface area contributed by atoms with Crippen LogP contribution >= 0.6 is 23.2 Å². The molecule has 0 aromatic heterocycles. The van der Waals surface area contributed by atoms with Crippen molar-refractivity contribution >= 4 is 35.0 Å². The molecule has 0 aliphatic carbocycles. The number of amides is 2. The van der Waals surface area contributed by atoms with Crippen LogP contribution in [0.3, 0.4) is 0 Å². The first-order chi connectivity index (χ1) is 13.2. The van der Waals surface area contributed by atoms with Crippen LogP contribution in [0, 0.1) is 13.8 Å². The number of nitrogens with one attached hydrogen (secondary N) is 1. The Bertz CT molecular complexity index is 847. The fourth-order valence-electron chi connectivity index (χ4n) is 3.01. The van der Waals surface area contributed by atoms with Crippen molar-refractivity contribution < 1.29 is 9.59 Å². The molecule has 2 rings (SSSR count). The minimum absolute atomic E-state index is 0.150. The van der Waals surface area contributed by atoms with Crippen LogP contribution in [0.5, 0.6) is 0 Å². The Hall–Kier alpha value is -2.04. The van der Waals surface area contributed by atoms with Gasteiger partial charge in [0, 0.05) is 28.7 Å². The fraction of sp³-hybridized carbons (Fsp3) is 0.364. The van der Waals surface area contributed by atoms with Gasteiger partial charge in [-0.1, -0.05) is 53.0 Å². The molecule has 1 N–H and O–H groups in total. The second-order valence-electron chi connectivity index (χ2n) is 6.90. The summed E-state index contributed by atoms with van der Waals surface area (Å²) in [6.45, 7) is 8.20. The molecule has 0 heterocycles. The number of aryl methyl sites for hydroxylation is 2. The molecule has 6 heteroatoms. The quantitative estimate of drug-likeness (QED) is 0.704. The average molecular weight is 421 g/mol. The van der Waals surface area contributed by atoms with Gasteiger partial charge in [-0.2, -0.15) is 0 Å². The highest BCUT2D eigenvalue weighted by molar-refractivity contribution is 6.36. The van der Waals surface area contributed by atoms with Crippen molar-refractivity contribution in [2.75, 3.05) is 6.54 Å². The number of benzene rings is 2. The number of carbonyl (C=O) groups is 2. The summed E-state index contributed by atoms with van der Waals surface area (Å²) in [6.07, 6.45) is 0.208. The predicted octanol–water partition coefficient (Wildman–Crippen LogP) is 4.71. The summed E-state index contributed by atoms with van der Waals surface area (Å²) < 4.78 is 0. The normalized spacial score (nSPS) is 11.8. The second kappa shape index (κ2) is 9.94. The smallest absolute Gasteiger partial charge is 0.242 e. The van der Waals surface area contributed by atoms with Gasteiger partial charge in [-0.3, -0.25) is 9.59 Å². The van der Waals surface area contributed by atoms with Crippen LogP contribution in [0.15, 0.2) is 36.4 Å². The van der Waals surface area contributed by atoms with E-state index in [2.05, 4.69) is 5.32 Å². The minimum atomic E-state index is -0.648. The number of hydrogen-bond donors (Lipinski definition) is 1. The van der Waals surface area contributed by atoms with Crippen LogP contribution in [0.1, 0.15) is 36.1 Å². The van der Waals surface area contributed by atoms with E-state index in [1.54, 1.807) is 30.0 Å². The molecular formula is C22H26Cl2N2O2. The molecule has 0 fully saturated rings. The van der Waals surface area contributed by atoms with Gasteiger partial charge in [-0.15, -0.1) is 0 Å². The lowest BCUT2D eigenvalue weighted by Gasteiger charge is -2.29. The first-order valence-electron chi connectivity index (χ1n) is 9.30. The molecular weight excluding hydrogens is 395 g/mol. The lowest BCUT2D eigenvalue weighted by molar-refractivity contribution is -0.140. The maximum atomic E-state index is 13.2. The SMILES string of the molecule is CCNC(=O)[C@H](C)N(Cc1c(Cl)cccc1Cl)C(=O)Cc1cc(C)ccc1C.